The number of aliphatic hydroxyl groups is 1. The second kappa shape index (κ2) is 4.77. The average molecular weight is 206 g/mol. The lowest BCUT2D eigenvalue weighted by Crippen LogP contribution is -2.66. The molecule has 82 valence electrons. The summed E-state index contributed by atoms with van der Waals surface area (Å²) in [6.07, 6.45) is 3.45. The summed E-state index contributed by atoms with van der Waals surface area (Å²) in [6, 6.07) is 11.1. The van der Waals surface area contributed by atoms with Crippen LogP contribution in [0.3, 0.4) is 0 Å². The molecule has 1 fully saturated rings. The maximum absolute atomic E-state index is 9.29. The molecule has 0 amide bonds. The summed E-state index contributed by atoms with van der Waals surface area (Å²) in [5.41, 5.74) is 5.54. The molecule has 15 heavy (non-hydrogen) atoms. The quantitative estimate of drug-likeness (QED) is 0.750. The summed E-state index contributed by atoms with van der Waals surface area (Å²) in [4.78, 5) is 0. The second-order valence-electron chi connectivity index (χ2n) is 4.62. The molecule has 0 radical (unpaired) electrons. The molecular formula is C13H20NO+. The molecule has 2 nitrogen and oxygen atoms in total. The number of rotatable bonds is 2. The first-order valence-electron chi connectivity index (χ1n) is 5.80. The van der Waals surface area contributed by atoms with Gasteiger partial charge in [-0.1, -0.05) is 30.3 Å². The zero-order valence-electron chi connectivity index (χ0n) is 9.10. The molecule has 1 aliphatic rings. The summed E-state index contributed by atoms with van der Waals surface area (Å²) >= 11 is 0. The van der Waals surface area contributed by atoms with Crippen LogP contribution in [0.15, 0.2) is 30.3 Å². The van der Waals surface area contributed by atoms with Crippen LogP contribution in [0.2, 0.25) is 0 Å². The first-order valence-corrected chi connectivity index (χ1v) is 5.80. The van der Waals surface area contributed by atoms with Crippen LogP contribution >= 0.6 is 0 Å². The lowest BCUT2D eigenvalue weighted by atomic mass is 9.76. The Morgan fingerprint density at radius 3 is 2.60 bits per heavy atom. The maximum Gasteiger partial charge on any atom is 0.0894 e. The Kier molecular flexibility index (Phi) is 3.39. The Balaban J connectivity index is 2.06. The first kappa shape index (κ1) is 10.7. The molecule has 0 aliphatic heterocycles. The maximum atomic E-state index is 9.29. The summed E-state index contributed by atoms with van der Waals surface area (Å²) in [5.74, 6) is 1.02. The SMILES string of the molecule is [NH3+][C@H]1CC[C@H](c2ccccc2)C[C@H]1CO. The summed E-state index contributed by atoms with van der Waals surface area (Å²) in [6.45, 7) is 0.289. The van der Waals surface area contributed by atoms with Gasteiger partial charge in [0, 0.05) is 12.3 Å². The Hall–Kier alpha value is -0.860. The van der Waals surface area contributed by atoms with Crippen LogP contribution in [-0.2, 0) is 0 Å². The Labute approximate surface area is 91.1 Å². The van der Waals surface area contributed by atoms with E-state index in [0.29, 0.717) is 17.9 Å². The first-order chi connectivity index (χ1) is 7.31. The van der Waals surface area contributed by atoms with E-state index in [2.05, 4.69) is 36.1 Å². The highest BCUT2D eigenvalue weighted by molar-refractivity contribution is 5.20. The van der Waals surface area contributed by atoms with Gasteiger partial charge in [-0.15, -0.1) is 0 Å². The predicted octanol–water partition coefficient (Wildman–Crippen LogP) is 1.17. The fourth-order valence-electron chi connectivity index (χ4n) is 2.58. The zero-order valence-corrected chi connectivity index (χ0v) is 9.10. The predicted molar refractivity (Wildman–Crippen MR) is 60.3 cm³/mol. The minimum atomic E-state index is 0.289. The van der Waals surface area contributed by atoms with Crippen LogP contribution in [0.5, 0.6) is 0 Å². The summed E-state index contributed by atoms with van der Waals surface area (Å²) in [7, 11) is 0. The van der Waals surface area contributed by atoms with Gasteiger partial charge in [-0.05, 0) is 24.3 Å². The Morgan fingerprint density at radius 2 is 1.93 bits per heavy atom. The van der Waals surface area contributed by atoms with Crippen LogP contribution in [0, 0.1) is 5.92 Å². The lowest BCUT2D eigenvalue weighted by molar-refractivity contribution is -0.440. The van der Waals surface area contributed by atoms with Crippen molar-refractivity contribution in [2.75, 3.05) is 6.61 Å². The van der Waals surface area contributed by atoms with E-state index in [1.54, 1.807) is 0 Å². The molecule has 4 N–H and O–H groups in total. The van der Waals surface area contributed by atoms with Crippen molar-refractivity contribution < 1.29 is 10.8 Å². The van der Waals surface area contributed by atoms with Crippen molar-refractivity contribution in [1.29, 1.82) is 0 Å². The van der Waals surface area contributed by atoms with Crippen molar-refractivity contribution in [3.8, 4) is 0 Å². The molecule has 2 heteroatoms. The number of hydrogen-bond acceptors (Lipinski definition) is 1. The molecule has 1 aliphatic carbocycles. The zero-order chi connectivity index (χ0) is 10.7. The van der Waals surface area contributed by atoms with Crippen molar-refractivity contribution >= 4 is 0 Å². The minimum absolute atomic E-state index is 0.289. The Morgan fingerprint density at radius 1 is 1.20 bits per heavy atom. The largest absolute Gasteiger partial charge is 0.396 e. The van der Waals surface area contributed by atoms with Crippen molar-refractivity contribution in [3.05, 3.63) is 35.9 Å². The molecule has 3 atom stereocenters. The van der Waals surface area contributed by atoms with Gasteiger partial charge in [-0.3, -0.25) is 0 Å². The molecular weight excluding hydrogens is 186 g/mol. The smallest absolute Gasteiger partial charge is 0.0894 e. The number of hydrogen-bond donors (Lipinski definition) is 2. The molecule has 0 aromatic heterocycles. The molecule has 0 heterocycles. The van der Waals surface area contributed by atoms with Gasteiger partial charge >= 0.3 is 0 Å². The van der Waals surface area contributed by atoms with Crippen LogP contribution in [0.1, 0.15) is 30.7 Å². The molecule has 1 aromatic rings. The van der Waals surface area contributed by atoms with E-state index < -0.39 is 0 Å². The monoisotopic (exact) mass is 206 g/mol. The molecule has 1 saturated carbocycles. The summed E-state index contributed by atoms with van der Waals surface area (Å²) in [5, 5.41) is 9.29. The fourth-order valence-corrected chi connectivity index (χ4v) is 2.58. The highest BCUT2D eigenvalue weighted by Gasteiger charge is 2.30. The van der Waals surface area contributed by atoms with Crippen molar-refractivity contribution in [3.63, 3.8) is 0 Å². The van der Waals surface area contributed by atoms with Gasteiger partial charge in [0.15, 0.2) is 0 Å². The minimum Gasteiger partial charge on any atom is -0.396 e. The lowest BCUT2D eigenvalue weighted by Gasteiger charge is -2.31. The third kappa shape index (κ3) is 2.39. The molecule has 2 rings (SSSR count). The van der Waals surface area contributed by atoms with Gasteiger partial charge in [0.1, 0.15) is 0 Å². The number of quaternary nitrogens is 1. The topological polar surface area (TPSA) is 47.9 Å². The van der Waals surface area contributed by atoms with E-state index in [-0.39, 0.29) is 6.61 Å². The molecule has 0 unspecified atom stereocenters. The van der Waals surface area contributed by atoms with Gasteiger partial charge in [0.05, 0.1) is 12.6 Å². The number of benzene rings is 1. The van der Waals surface area contributed by atoms with Gasteiger partial charge in [-0.2, -0.15) is 0 Å². The average Bonchev–Trinajstić information content (AvgIpc) is 2.31. The van der Waals surface area contributed by atoms with Crippen LogP contribution in [-0.4, -0.2) is 17.8 Å². The fraction of sp³-hybridized carbons (Fsp3) is 0.538. The van der Waals surface area contributed by atoms with Crippen molar-refractivity contribution in [1.82, 2.24) is 0 Å². The Bertz CT molecular complexity index is 299. The van der Waals surface area contributed by atoms with E-state index in [4.69, 9.17) is 0 Å². The van der Waals surface area contributed by atoms with Gasteiger partial charge in [0.25, 0.3) is 0 Å². The van der Waals surface area contributed by atoms with E-state index >= 15 is 0 Å². The standard InChI is InChI=1S/C13H19NO/c14-13-7-6-11(8-12(13)9-15)10-4-2-1-3-5-10/h1-5,11-13,15H,6-9,14H2/p+1/t11-,12-,13-/m0/s1. The van der Waals surface area contributed by atoms with E-state index in [9.17, 15) is 5.11 Å². The highest BCUT2D eigenvalue weighted by atomic mass is 16.3. The summed E-state index contributed by atoms with van der Waals surface area (Å²) < 4.78 is 0. The van der Waals surface area contributed by atoms with E-state index in [1.165, 1.54) is 12.0 Å². The van der Waals surface area contributed by atoms with Crippen molar-refractivity contribution in [2.45, 2.75) is 31.2 Å². The third-order valence-electron chi connectivity index (χ3n) is 3.65. The third-order valence-corrected chi connectivity index (χ3v) is 3.65. The van der Waals surface area contributed by atoms with Gasteiger partial charge in [-0.25, -0.2) is 0 Å². The van der Waals surface area contributed by atoms with Gasteiger partial charge in [0.2, 0.25) is 0 Å². The second-order valence-corrected chi connectivity index (χ2v) is 4.62. The molecule has 0 bridgehead atoms. The van der Waals surface area contributed by atoms with Crippen LogP contribution in [0.25, 0.3) is 0 Å². The van der Waals surface area contributed by atoms with E-state index in [0.717, 1.165) is 12.8 Å². The van der Waals surface area contributed by atoms with E-state index in [1.807, 2.05) is 0 Å². The molecule has 0 spiro atoms. The highest BCUT2D eigenvalue weighted by Crippen LogP contribution is 2.34. The number of aliphatic hydroxyl groups excluding tert-OH is 1. The van der Waals surface area contributed by atoms with Crippen LogP contribution < -0.4 is 5.73 Å². The molecule has 1 aromatic carbocycles. The van der Waals surface area contributed by atoms with Crippen LogP contribution in [0.4, 0.5) is 0 Å². The molecule has 0 saturated heterocycles. The van der Waals surface area contributed by atoms with Crippen molar-refractivity contribution in [2.24, 2.45) is 5.92 Å². The normalized spacial score (nSPS) is 31.5. The van der Waals surface area contributed by atoms with Gasteiger partial charge < -0.3 is 10.8 Å².